The minimum atomic E-state index is 0.603. The Hall–Kier alpha value is -1.16. The van der Waals surface area contributed by atoms with Gasteiger partial charge in [0, 0.05) is 24.4 Å². The first-order chi connectivity index (χ1) is 11.6. The summed E-state index contributed by atoms with van der Waals surface area (Å²) in [5.74, 6) is 3.71. The van der Waals surface area contributed by atoms with Crippen LogP contribution in [0.1, 0.15) is 62.7 Å². The van der Waals surface area contributed by atoms with E-state index in [2.05, 4.69) is 25.7 Å². The van der Waals surface area contributed by atoms with Crippen molar-refractivity contribution < 1.29 is 0 Å². The highest BCUT2D eigenvalue weighted by molar-refractivity contribution is 7.19. The van der Waals surface area contributed by atoms with E-state index in [0.717, 1.165) is 31.3 Å². The molecule has 1 aliphatic carbocycles. The Morgan fingerprint density at radius 1 is 1.17 bits per heavy atom. The highest BCUT2D eigenvalue weighted by Gasteiger charge is 2.26. The lowest BCUT2D eigenvalue weighted by Crippen LogP contribution is -2.31. The number of fused-ring (bicyclic) bond motifs is 3. The van der Waals surface area contributed by atoms with Gasteiger partial charge in [0.05, 0.1) is 5.39 Å². The van der Waals surface area contributed by atoms with Crippen molar-refractivity contribution in [2.75, 3.05) is 18.0 Å². The van der Waals surface area contributed by atoms with Crippen molar-refractivity contribution in [3.05, 3.63) is 16.3 Å². The number of piperidine rings is 1. The minimum Gasteiger partial charge on any atom is -0.356 e. The van der Waals surface area contributed by atoms with Crippen LogP contribution in [0, 0.1) is 11.8 Å². The number of hydrogen-bond acceptors (Lipinski definition) is 4. The van der Waals surface area contributed by atoms with E-state index in [0.29, 0.717) is 5.92 Å². The van der Waals surface area contributed by atoms with Gasteiger partial charge < -0.3 is 4.90 Å². The molecule has 1 aliphatic heterocycles. The van der Waals surface area contributed by atoms with Gasteiger partial charge >= 0.3 is 0 Å². The smallest absolute Gasteiger partial charge is 0.141 e. The maximum absolute atomic E-state index is 5.09. The topological polar surface area (TPSA) is 29.0 Å². The zero-order chi connectivity index (χ0) is 16.7. The lowest BCUT2D eigenvalue weighted by molar-refractivity contribution is 0.509. The number of rotatable bonds is 3. The molecule has 24 heavy (non-hydrogen) atoms. The summed E-state index contributed by atoms with van der Waals surface area (Å²) in [5, 5.41) is 1.40. The van der Waals surface area contributed by atoms with Crippen LogP contribution < -0.4 is 4.90 Å². The standard InChI is InChI=1S/C20H29N3S/c1-13(2)11-17-21-19(23-9-5-4-6-10-23)18-15-8-7-14(3)12-16(15)24-20(18)22-17/h13-14H,4-12H2,1-3H3/t14-/m0/s1. The molecule has 0 bridgehead atoms. The summed E-state index contributed by atoms with van der Waals surface area (Å²) in [7, 11) is 0. The lowest BCUT2D eigenvalue weighted by Gasteiger charge is -2.29. The molecule has 0 amide bonds. The molecular formula is C20H29N3S. The van der Waals surface area contributed by atoms with Crippen molar-refractivity contribution in [2.45, 2.75) is 65.7 Å². The van der Waals surface area contributed by atoms with E-state index in [-0.39, 0.29) is 0 Å². The zero-order valence-electron chi connectivity index (χ0n) is 15.3. The highest BCUT2D eigenvalue weighted by atomic mass is 32.1. The van der Waals surface area contributed by atoms with Crippen LogP contribution in [0.3, 0.4) is 0 Å². The van der Waals surface area contributed by atoms with Crippen molar-refractivity contribution in [3.8, 4) is 0 Å². The third-order valence-corrected chi connectivity index (χ3v) is 6.58. The summed E-state index contributed by atoms with van der Waals surface area (Å²) < 4.78 is 0. The first kappa shape index (κ1) is 16.3. The predicted molar refractivity (Wildman–Crippen MR) is 103 cm³/mol. The zero-order valence-corrected chi connectivity index (χ0v) is 16.1. The molecule has 2 aromatic heterocycles. The molecule has 0 saturated carbocycles. The van der Waals surface area contributed by atoms with Crippen molar-refractivity contribution in [1.29, 1.82) is 0 Å². The molecule has 130 valence electrons. The molecule has 4 rings (SSSR count). The van der Waals surface area contributed by atoms with Crippen LogP contribution in [0.5, 0.6) is 0 Å². The quantitative estimate of drug-likeness (QED) is 0.785. The first-order valence-electron chi connectivity index (χ1n) is 9.68. The van der Waals surface area contributed by atoms with Crippen molar-refractivity contribution in [3.63, 3.8) is 0 Å². The number of hydrogen-bond donors (Lipinski definition) is 0. The summed E-state index contributed by atoms with van der Waals surface area (Å²) in [5.41, 5.74) is 1.57. The number of anilines is 1. The molecule has 3 heterocycles. The Bertz CT molecular complexity index is 728. The maximum atomic E-state index is 5.09. The van der Waals surface area contributed by atoms with Crippen LogP contribution in [-0.4, -0.2) is 23.1 Å². The van der Waals surface area contributed by atoms with E-state index in [9.17, 15) is 0 Å². The van der Waals surface area contributed by atoms with E-state index >= 15 is 0 Å². The second-order valence-corrected chi connectivity index (χ2v) is 9.22. The number of aromatic nitrogens is 2. The molecule has 2 aliphatic rings. The second kappa shape index (κ2) is 6.62. The average Bonchev–Trinajstić information content (AvgIpc) is 2.91. The first-order valence-corrected chi connectivity index (χ1v) is 10.5. The van der Waals surface area contributed by atoms with Crippen molar-refractivity contribution in [2.24, 2.45) is 11.8 Å². The van der Waals surface area contributed by atoms with Crippen molar-refractivity contribution in [1.82, 2.24) is 9.97 Å². The summed E-state index contributed by atoms with van der Waals surface area (Å²) in [6.07, 6.45) is 8.70. The van der Waals surface area contributed by atoms with Gasteiger partial charge in [0.1, 0.15) is 16.5 Å². The van der Waals surface area contributed by atoms with Gasteiger partial charge in [0.2, 0.25) is 0 Å². The van der Waals surface area contributed by atoms with E-state index < -0.39 is 0 Å². The van der Waals surface area contributed by atoms with Gasteiger partial charge in [-0.2, -0.15) is 0 Å². The largest absolute Gasteiger partial charge is 0.356 e. The molecule has 4 heteroatoms. The third kappa shape index (κ3) is 3.05. The molecule has 3 nitrogen and oxygen atoms in total. The maximum Gasteiger partial charge on any atom is 0.141 e. The van der Waals surface area contributed by atoms with Crippen LogP contribution in [0.4, 0.5) is 5.82 Å². The number of aryl methyl sites for hydroxylation is 1. The van der Waals surface area contributed by atoms with E-state index in [1.807, 2.05) is 11.3 Å². The molecule has 0 N–H and O–H groups in total. The Morgan fingerprint density at radius 3 is 2.71 bits per heavy atom. The normalized spacial score (nSPS) is 21.5. The Kier molecular flexibility index (Phi) is 4.50. The Labute approximate surface area is 149 Å². The van der Waals surface area contributed by atoms with Crippen LogP contribution in [0.15, 0.2) is 0 Å². The van der Waals surface area contributed by atoms with Gasteiger partial charge in [-0.1, -0.05) is 20.8 Å². The van der Waals surface area contributed by atoms with Crippen molar-refractivity contribution >= 4 is 27.4 Å². The second-order valence-electron chi connectivity index (χ2n) is 8.14. The molecular weight excluding hydrogens is 314 g/mol. The Morgan fingerprint density at radius 2 is 1.96 bits per heavy atom. The van der Waals surface area contributed by atoms with E-state index in [1.54, 1.807) is 10.4 Å². The summed E-state index contributed by atoms with van der Waals surface area (Å²) in [4.78, 5) is 15.4. The summed E-state index contributed by atoms with van der Waals surface area (Å²) >= 11 is 1.95. The fourth-order valence-corrected chi connectivity index (χ4v) is 5.55. The van der Waals surface area contributed by atoms with Gasteiger partial charge in [-0.05, 0) is 55.9 Å². The fourth-order valence-electron chi connectivity index (χ4n) is 4.16. The highest BCUT2D eigenvalue weighted by Crippen LogP contribution is 2.41. The predicted octanol–water partition coefficient (Wildman–Crippen LogP) is 5.00. The average molecular weight is 344 g/mol. The van der Waals surface area contributed by atoms with Crippen LogP contribution in [0.25, 0.3) is 10.2 Å². The van der Waals surface area contributed by atoms with Crippen LogP contribution in [-0.2, 0) is 19.3 Å². The number of thiophene rings is 1. The fraction of sp³-hybridized carbons (Fsp3) is 0.700. The molecule has 0 aromatic carbocycles. The molecule has 0 unspecified atom stereocenters. The van der Waals surface area contributed by atoms with Gasteiger partial charge in [-0.25, -0.2) is 9.97 Å². The monoisotopic (exact) mass is 343 g/mol. The van der Waals surface area contributed by atoms with Crippen LogP contribution in [0.2, 0.25) is 0 Å². The molecule has 1 saturated heterocycles. The molecule has 0 radical (unpaired) electrons. The van der Waals surface area contributed by atoms with E-state index in [4.69, 9.17) is 9.97 Å². The summed E-state index contributed by atoms with van der Waals surface area (Å²) in [6.45, 7) is 9.22. The lowest BCUT2D eigenvalue weighted by atomic mass is 9.89. The molecule has 1 atom stereocenters. The number of nitrogens with zero attached hydrogens (tertiary/aromatic N) is 3. The third-order valence-electron chi connectivity index (χ3n) is 5.43. The van der Waals surface area contributed by atoms with Crippen LogP contribution >= 0.6 is 11.3 Å². The van der Waals surface area contributed by atoms with Gasteiger partial charge in [-0.15, -0.1) is 11.3 Å². The van der Waals surface area contributed by atoms with Gasteiger partial charge in [0.25, 0.3) is 0 Å². The molecule has 2 aromatic rings. The van der Waals surface area contributed by atoms with Gasteiger partial charge in [-0.3, -0.25) is 0 Å². The Balaban J connectivity index is 1.85. The molecule has 1 fully saturated rings. The minimum absolute atomic E-state index is 0.603. The SMILES string of the molecule is CC(C)Cc1nc(N2CCCCC2)c2c3c(sc2n1)C[C@@H](C)CC3. The van der Waals surface area contributed by atoms with E-state index in [1.165, 1.54) is 54.6 Å². The summed E-state index contributed by atoms with van der Waals surface area (Å²) in [6, 6.07) is 0. The van der Waals surface area contributed by atoms with Gasteiger partial charge in [0.15, 0.2) is 0 Å². The molecule has 0 spiro atoms.